The molecule has 2 aromatic rings. The van der Waals surface area contributed by atoms with E-state index < -0.39 is 0 Å². The Morgan fingerprint density at radius 2 is 2.28 bits per heavy atom. The van der Waals surface area contributed by atoms with Crippen LogP contribution in [-0.2, 0) is 11.2 Å². The number of methoxy groups -OCH3 is 1. The van der Waals surface area contributed by atoms with Crippen LogP contribution in [0, 0.1) is 0 Å². The smallest absolute Gasteiger partial charge is 0.298 e. The molecule has 0 fully saturated rings. The Morgan fingerprint density at radius 3 is 3.06 bits per heavy atom. The van der Waals surface area contributed by atoms with Crippen LogP contribution < -0.4 is 4.74 Å². The molecule has 7 heteroatoms. The van der Waals surface area contributed by atoms with Gasteiger partial charge in [0.05, 0.1) is 11.6 Å². The van der Waals surface area contributed by atoms with E-state index in [-0.39, 0.29) is 0 Å². The van der Waals surface area contributed by atoms with Gasteiger partial charge in [0.25, 0.3) is 5.19 Å². The molecule has 0 saturated heterocycles. The molecular weight excluding hydrogens is 340 g/mol. The minimum atomic E-state index is 0.473. The van der Waals surface area contributed by atoms with Gasteiger partial charge in [-0.3, -0.25) is 0 Å². The van der Waals surface area contributed by atoms with Crippen LogP contribution in [0.3, 0.4) is 0 Å². The SMILES string of the molecule is COCCc1nsc(Oc2cc(Br)ccc2Cl)n1. The molecule has 0 N–H and O–H groups in total. The summed E-state index contributed by atoms with van der Waals surface area (Å²) in [7, 11) is 1.64. The highest BCUT2D eigenvalue weighted by atomic mass is 79.9. The van der Waals surface area contributed by atoms with Crippen LogP contribution in [0.15, 0.2) is 22.7 Å². The molecule has 0 bridgehead atoms. The van der Waals surface area contributed by atoms with Gasteiger partial charge < -0.3 is 9.47 Å². The first kappa shape index (κ1) is 13.7. The molecule has 1 aromatic carbocycles. The van der Waals surface area contributed by atoms with Crippen molar-refractivity contribution in [3.05, 3.63) is 33.5 Å². The predicted octanol–water partition coefficient (Wildman–Crippen LogP) is 3.94. The fourth-order valence-corrected chi connectivity index (χ4v) is 2.31. The second-order valence-electron chi connectivity index (χ2n) is 3.40. The monoisotopic (exact) mass is 348 g/mol. The van der Waals surface area contributed by atoms with Crippen LogP contribution in [0.5, 0.6) is 10.9 Å². The largest absolute Gasteiger partial charge is 0.428 e. The third-order valence-corrected chi connectivity index (χ3v) is 3.51. The molecule has 0 aliphatic rings. The van der Waals surface area contributed by atoms with Gasteiger partial charge in [0.1, 0.15) is 11.6 Å². The van der Waals surface area contributed by atoms with Gasteiger partial charge in [0, 0.05) is 29.5 Å². The summed E-state index contributed by atoms with van der Waals surface area (Å²) in [5, 5.41) is 1.01. The van der Waals surface area contributed by atoms with Crippen molar-refractivity contribution in [2.45, 2.75) is 6.42 Å². The second-order valence-corrected chi connectivity index (χ2v) is 5.43. The Bertz CT molecular complexity index is 536. The molecule has 2 rings (SSSR count). The summed E-state index contributed by atoms with van der Waals surface area (Å²) < 4.78 is 15.6. The maximum atomic E-state index is 6.03. The third-order valence-electron chi connectivity index (χ3n) is 2.07. The highest BCUT2D eigenvalue weighted by Gasteiger charge is 2.09. The molecule has 0 spiro atoms. The summed E-state index contributed by atoms with van der Waals surface area (Å²) in [5.74, 6) is 1.27. The van der Waals surface area contributed by atoms with Crippen LogP contribution in [-0.4, -0.2) is 23.1 Å². The highest BCUT2D eigenvalue weighted by Crippen LogP contribution is 2.32. The van der Waals surface area contributed by atoms with Crippen molar-refractivity contribution in [3.63, 3.8) is 0 Å². The van der Waals surface area contributed by atoms with Crippen LogP contribution in [0.4, 0.5) is 0 Å². The molecule has 96 valence electrons. The standard InChI is InChI=1S/C11H10BrClN2O2S/c1-16-5-4-10-14-11(18-15-10)17-9-6-7(12)2-3-8(9)13/h2-3,6H,4-5H2,1H3. The fourth-order valence-electron chi connectivity index (χ4n) is 1.22. The van der Waals surface area contributed by atoms with E-state index in [0.717, 1.165) is 4.47 Å². The van der Waals surface area contributed by atoms with Gasteiger partial charge in [0.15, 0.2) is 0 Å². The number of hydrogen-bond acceptors (Lipinski definition) is 5. The van der Waals surface area contributed by atoms with E-state index in [0.29, 0.717) is 34.8 Å². The van der Waals surface area contributed by atoms with E-state index in [1.807, 2.05) is 6.07 Å². The number of rotatable bonds is 5. The Kier molecular flexibility index (Phi) is 4.94. The van der Waals surface area contributed by atoms with Crippen LogP contribution in [0.1, 0.15) is 5.82 Å². The van der Waals surface area contributed by atoms with Crippen molar-refractivity contribution in [3.8, 4) is 10.9 Å². The van der Waals surface area contributed by atoms with Crippen molar-refractivity contribution in [1.82, 2.24) is 9.36 Å². The first-order valence-corrected chi connectivity index (χ1v) is 7.08. The summed E-state index contributed by atoms with van der Waals surface area (Å²) in [6.45, 7) is 0.591. The van der Waals surface area contributed by atoms with Crippen LogP contribution >= 0.6 is 39.1 Å². The van der Waals surface area contributed by atoms with Gasteiger partial charge in [-0.05, 0) is 18.2 Å². The van der Waals surface area contributed by atoms with Crippen LogP contribution in [0.25, 0.3) is 0 Å². The predicted molar refractivity (Wildman–Crippen MR) is 74.7 cm³/mol. The van der Waals surface area contributed by atoms with Gasteiger partial charge in [-0.25, -0.2) is 0 Å². The van der Waals surface area contributed by atoms with Gasteiger partial charge in [-0.1, -0.05) is 27.5 Å². The topological polar surface area (TPSA) is 44.2 Å². The normalized spacial score (nSPS) is 10.6. The van der Waals surface area contributed by atoms with E-state index in [1.54, 1.807) is 19.2 Å². The minimum absolute atomic E-state index is 0.473. The lowest BCUT2D eigenvalue weighted by molar-refractivity contribution is 0.200. The lowest BCUT2D eigenvalue weighted by atomic mass is 10.3. The van der Waals surface area contributed by atoms with E-state index in [2.05, 4.69) is 25.3 Å². The fraction of sp³-hybridized carbons (Fsp3) is 0.273. The number of halogens is 2. The second kappa shape index (κ2) is 6.47. The molecule has 0 aliphatic heterocycles. The molecular formula is C11H10BrClN2O2S. The van der Waals surface area contributed by atoms with Gasteiger partial charge in [-0.15, -0.1) is 0 Å². The Hall–Kier alpha value is -0.690. The maximum absolute atomic E-state index is 6.03. The molecule has 0 saturated carbocycles. The van der Waals surface area contributed by atoms with Gasteiger partial charge in [-0.2, -0.15) is 9.36 Å². The molecule has 18 heavy (non-hydrogen) atoms. The van der Waals surface area contributed by atoms with Crippen molar-refractivity contribution in [2.75, 3.05) is 13.7 Å². The third kappa shape index (κ3) is 3.65. The maximum Gasteiger partial charge on any atom is 0.298 e. The van der Waals surface area contributed by atoms with Gasteiger partial charge >= 0.3 is 0 Å². The molecule has 1 aromatic heterocycles. The first-order chi connectivity index (χ1) is 8.69. The lowest BCUT2D eigenvalue weighted by Crippen LogP contribution is -1.96. The lowest BCUT2D eigenvalue weighted by Gasteiger charge is -2.03. The van der Waals surface area contributed by atoms with E-state index >= 15 is 0 Å². The number of hydrogen-bond donors (Lipinski definition) is 0. The van der Waals surface area contributed by atoms with Crippen molar-refractivity contribution < 1.29 is 9.47 Å². The summed E-state index contributed by atoms with van der Waals surface area (Å²) in [6, 6.07) is 5.39. The average molecular weight is 350 g/mol. The van der Waals surface area contributed by atoms with Crippen molar-refractivity contribution >= 4 is 39.1 Å². The number of ether oxygens (including phenoxy) is 2. The van der Waals surface area contributed by atoms with E-state index in [9.17, 15) is 0 Å². The van der Waals surface area contributed by atoms with Crippen molar-refractivity contribution in [2.24, 2.45) is 0 Å². The van der Waals surface area contributed by atoms with E-state index in [1.165, 1.54) is 11.5 Å². The highest BCUT2D eigenvalue weighted by molar-refractivity contribution is 9.10. The quantitative estimate of drug-likeness (QED) is 0.820. The molecule has 0 amide bonds. The zero-order valence-electron chi connectivity index (χ0n) is 9.52. The summed E-state index contributed by atoms with van der Waals surface area (Å²) in [6.07, 6.45) is 0.669. The minimum Gasteiger partial charge on any atom is -0.428 e. The Labute approximate surface area is 122 Å². The first-order valence-electron chi connectivity index (χ1n) is 5.13. The average Bonchev–Trinajstić information content (AvgIpc) is 2.79. The molecule has 0 atom stereocenters. The zero-order chi connectivity index (χ0) is 13.0. The Balaban J connectivity index is 2.08. The summed E-state index contributed by atoms with van der Waals surface area (Å²) in [5.41, 5.74) is 0. The van der Waals surface area contributed by atoms with E-state index in [4.69, 9.17) is 21.1 Å². The van der Waals surface area contributed by atoms with Crippen molar-refractivity contribution in [1.29, 1.82) is 0 Å². The molecule has 0 radical (unpaired) electrons. The number of nitrogens with zero attached hydrogens (tertiary/aromatic N) is 2. The van der Waals surface area contributed by atoms with Gasteiger partial charge in [0.2, 0.25) is 0 Å². The summed E-state index contributed by atoms with van der Waals surface area (Å²) in [4.78, 5) is 4.25. The summed E-state index contributed by atoms with van der Waals surface area (Å²) >= 11 is 10.6. The number of benzene rings is 1. The molecule has 0 unspecified atom stereocenters. The molecule has 0 aliphatic carbocycles. The Morgan fingerprint density at radius 1 is 1.44 bits per heavy atom. The number of aromatic nitrogens is 2. The van der Waals surface area contributed by atoms with Crippen LogP contribution in [0.2, 0.25) is 5.02 Å². The zero-order valence-corrected chi connectivity index (χ0v) is 12.7. The molecule has 4 nitrogen and oxygen atoms in total. The molecule has 1 heterocycles.